The SMILES string of the molecule is COCC1(OC)C=CC(P)=CC1S(=O)(=O)O. The molecule has 0 heterocycles. The monoisotopic (exact) mass is 266 g/mol. The van der Waals surface area contributed by atoms with Gasteiger partial charge in [-0.1, -0.05) is 12.2 Å². The molecule has 3 unspecified atom stereocenters. The molecule has 92 valence electrons. The Kier molecular flexibility index (Phi) is 4.26. The van der Waals surface area contributed by atoms with Gasteiger partial charge in [0.05, 0.1) is 6.61 Å². The van der Waals surface area contributed by atoms with Crippen LogP contribution in [-0.2, 0) is 19.6 Å². The average Bonchev–Trinajstić information content (AvgIpc) is 2.20. The second-order valence-electron chi connectivity index (χ2n) is 3.53. The van der Waals surface area contributed by atoms with E-state index in [2.05, 4.69) is 9.24 Å². The van der Waals surface area contributed by atoms with Crippen LogP contribution in [0.2, 0.25) is 0 Å². The molecule has 1 aliphatic rings. The Morgan fingerprint density at radius 3 is 2.62 bits per heavy atom. The Balaban J connectivity index is 3.22. The van der Waals surface area contributed by atoms with Gasteiger partial charge >= 0.3 is 0 Å². The van der Waals surface area contributed by atoms with Crippen molar-refractivity contribution >= 4 is 19.4 Å². The molecule has 1 aliphatic carbocycles. The summed E-state index contributed by atoms with van der Waals surface area (Å²) >= 11 is 0. The maximum atomic E-state index is 11.3. The Hall–Kier alpha value is -0.260. The summed E-state index contributed by atoms with van der Waals surface area (Å²) in [6.45, 7) is 0.0406. The summed E-state index contributed by atoms with van der Waals surface area (Å²) < 4.78 is 42.0. The van der Waals surface area contributed by atoms with Crippen molar-refractivity contribution in [2.24, 2.45) is 0 Å². The molecule has 0 fully saturated rings. The van der Waals surface area contributed by atoms with Crippen molar-refractivity contribution in [3.05, 3.63) is 23.5 Å². The molecule has 5 nitrogen and oxygen atoms in total. The van der Waals surface area contributed by atoms with E-state index in [4.69, 9.17) is 9.47 Å². The first-order valence-electron chi connectivity index (χ1n) is 4.52. The first-order chi connectivity index (χ1) is 7.35. The summed E-state index contributed by atoms with van der Waals surface area (Å²) in [5.41, 5.74) is -1.18. The fourth-order valence-corrected chi connectivity index (χ4v) is 3.14. The van der Waals surface area contributed by atoms with E-state index in [0.717, 1.165) is 0 Å². The van der Waals surface area contributed by atoms with Crippen LogP contribution in [0.25, 0.3) is 0 Å². The van der Waals surface area contributed by atoms with E-state index in [1.807, 2.05) is 0 Å². The lowest BCUT2D eigenvalue weighted by molar-refractivity contribution is -0.0264. The highest BCUT2D eigenvalue weighted by Crippen LogP contribution is 2.31. The van der Waals surface area contributed by atoms with Crippen molar-refractivity contribution in [1.29, 1.82) is 0 Å². The fraction of sp³-hybridized carbons (Fsp3) is 0.556. The minimum atomic E-state index is -4.25. The van der Waals surface area contributed by atoms with Gasteiger partial charge in [-0.25, -0.2) is 0 Å². The van der Waals surface area contributed by atoms with Gasteiger partial charge in [-0.15, -0.1) is 9.24 Å². The molecule has 0 bridgehead atoms. The van der Waals surface area contributed by atoms with Gasteiger partial charge in [0.1, 0.15) is 10.9 Å². The lowest BCUT2D eigenvalue weighted by Crippen LogP contribution is -2.50. The van der Waals surface area contributed by atoms with E-state index in [1.165, 1.54) is 20.3 Å². The second kappa shape index (κ2) is 4.94. The topological polar surface area (TPSA) is 72.8 Å². The first-order valence-corrected chi connectivity index (χ1v) is 6.61. The van der Waals surface area contributed by atoms with Crippen molar-refractivity contribution in [2.45, 2.75) is 10.9 Å². The highest BCUT2D eigenvalue weighted by atomic mass is 32.2. The van der Waals surface area contributed by atoms with Gasteiger partial charge in [-0.3, -0.25) is 4.55 Å². The summed E-state index contributed by atoms with van der Waals surface area (Å²) in [6, 6.07) is 0. The molecule has 7 heteroatoms. The molecule has 0 spiro atoms. The molecule has 16 heavy (non-hydrogen) atoms. The lowest BCUT2D eigenvalue weighted by Gasteiger charge is -2.35. The van der Waals surface area contributed by atoms with Crippen molar-refractivity contribution in [1.82, 2.24) is 0 Å². The molecule has 0 aromatic rings. The normalized spacial score (nSPS) is 30.2. The smallest absolute Gasteiger partial charge is 0.274 e. The standard InChI is InChI=1S/C9H15O5PS/c1-13-6-9(14-2)4-3-7(15)5-8(9)16(10,11)12/h3-5,8H,6,15H2,1-2H3,(H,10,11,12). The molecule has 0 aromatic carbocycles. The summed E-state index contributed by atoms with van der Waals surface area (Å²) in [6.07, 6.45) is 4.70. The quantitative estimate of drug-likeness (QED) is 0.596. The van der Waals surface area contributed by atoms with Crippen molar-refractivity contribution in [3.63, 3.8) is 0 Å². The van der Waals surface area contributed by atoms with Crippen molar-refractivity contribution in [3.8, 4) is 0 Å². The summed E-state index contributed by atoms with van der Waals surface area (Å²) in [5, 5.41) is -0.492. The third-order valence-electron chi connectivity index (χ3n) is 2.45. The zero-order chi connectivity index (χ0) is 12.4. The van der Waals surface area contributed by atoms with Crippen LogP contribution < -0.4 is 0 Å². The van der Waals surface area contributed by atoms with Gasteiger partial charge in [-0.05, 0) is 11.4 Å². The Morgan fingerprint density at radius 1 is 1.56 bits per heavy atom. The molecule has 0 radical (unpaired) electrons. The van der Waals surface area contributed by atoms with Crippen LogP contribution in [0.5, 0.6) is 0 Å². The van der Waals surface area contributed by atoms with Crippen LogP contribution in [0.1, 0.15) is 0 Å². The van der Waals surface area contributed by atoms with Gasteiger partial charge in [0.2, 0.25) is 0 Å². The molecule has 0 saturated carbocycles. The van der Waals surface area contributed by atoms with Gasteiger partial charge in [-0.2, -0.15) is 8.42 Å². The van der Waals surface area contributed by atoms with E-state index in [0.29, 0.717) is 5.31 Å². The number of ether oxygens (including phenoxy) is 2. The highest BCUT2D eigenvalue weighted by Gasteiger charge is 2.45. The van der Waals surface area contributed by atoms with E-state index in [1.54, 1.807) is 12.2 Å². The molecule has 0 aliphatic heterocycles. The lowest BCUT2D eigenvalue weighted by atomic mass is 9.95. The van der Waals surface area contributed by atoms with E-state index < -0.39 is 21.0 Å². The number of rotatable bonds is 4. The zero-order valence-corrected chi connectivity index (χ0v) is 11.1. The largest absolute Gasteiger partial charge is 0.381 e. The molecule has 1 rings (SSSR count). The van der Waals surface area contributed by atoms with Crippen LogP contribution in [0.3, 0.4) is 0 Å². The third kappa shape index (κ3) is 2.70. The maximum absolute atomic E-state index is 11.3. The summed E-state index contributed by atoms with van der Waals surface area (Å²) in [4.78, 5) is 0. The fourth-order valence-electron chi connectivity index (χ4n) is 1.64. The predicted molar refractivity (Wildman–Crippen MR) is 63.9 cm³/mol. The Bertz CT molecular complexity index is 414. The van der Waals surface area contributed by atoms with Gasteiger partial charge < -0.3 is 9.47 Å². The number of hydrogen-bond donors (Lipinski definition) is 1. The number of methoxy groups -OCH3 is 2. The molecular formula is C9H15O5PS. The number of allylic oxidation sites excluding steroid dienone is 2. The van der Waals surface area contributed by atoms with Crippen molar-refractivity contribution < 1.29 is 22.4 Å². The minimum Gasteiger partial charge on any atom is -0.381 e. The van der Waals surface area contributed by atoms with Gasteiger partial charge in [0.15, 0.2) is 0 Å². The van der Waals surface area contributed by atoms with Gasteiger partial charge in [0, 0.05) is 14.2 Å². The van der Waals surface area contributed by atoms with Gasteiger partial charge in [0.25, 0.3) is 10.1 Å². The van der Waals surface area contributed by atoms with E-state index >= 15 is 0 Å². The second-order valence-corrected chi connectivity index (χ2v) is 5.73. The van der Waals surface area contributed by atoms with Crippen LogP contribution in [0, 0.1) is 0 Å². The minimum absolute atomic E-state index is 0.0406. The summed E-state index contributed by atoms with van der Waals surface area (Å²) in [5.74, 6) is 0. The predicted octanol–water partition coefficient (Wildman–Crippen LogP) is 0.603. The Morgan fingerprint density at radius 2 is 2.19 bits per heavy atom. The molecule has 0 saturated heterocycles. The third-order valence-corrected chi connectivity index (χ3v) is 4.02. The van der Waals surface area contributed by atoms with Crippen LogP contribution in [-0.4, -0.2) is 44.6 Å². The summed E-state index contributed by atoms with van der Waals surface area (Å²) in [7, 11) is 0.947. The zero-order valence-electron chi connectivity index (χ0n) is 9.08. The molecule has 1 N–H and O–H groups in total. The van der Waals surface area contributed by atoms with Crippen LogP contribution in [0.15, 0.2) is 23.5 Å². The van der Waals surface area contributed by atoms with E-state index in [9.17, 15) is 13.0 Å². The van der Waals surface area contributed by atoms with E-state index in [-0.39, 0.29) is 6.61 Å². The first kappa shape index (κ1) is 13.8. The average molecular weight is 266 g/mol. The van der Waals surface area contributed by atoms with Crippen molar-refractivity contribution in [2.75, 3.05) is 20.8 Å². The van der Waals surface area contributed by atoms with Crippen LogP contribution >= 0.6 is 9.24 Å². The molecule has 0 amide bonds. The molecular weight excluding hydrogens is 251 g/mol. The number of hydrogen-bond acceptors (Lipinski definition) is 4. The molecule has 3 atom stereocenters. The van der Waals surface area contributed by atoms with Crippen LogP contribution in [0.4, 0.5) is 0 Å². The maximum Gasteiger partial charge on any atom is 0.274 e. The Labute approximate surface area is 97.5 Å². The highest BCUT2D eigenvalue weighted by molar-refractivity contribution is 7.86. The molecule has 0 aromatic heterocycles.